The first kappa shape index (κ1) is 13.5. The summed E-state index contributed by atoms with van der Waals surface area (Å²) < 4.78 is 5.98. The van der Waals surface area contributed by atoms with Crippen LogP contribution in [0.25, 0.3) is 0 Å². The number of hydrazine groups is 1. The summed E-state index contributed by atoms with van der Waals surface area (Å²) in [5, 5.41) is 0. The van der Waals surface area contributed by atoms with Gasteiger partial charge >= 0.3 is 0 Å². The molecule has 0 amide bonds. The summed E-state index contributed by atoms with van der Waals surface area (Å²) in [6.45, 7) is 5.24. The average Bonchev–Trinajstić information content (AvgIpc) is 2.40. The lowest BCUT2D eigenvalue weighted by molar-refractivity contribution is 0.000572. The summed E-state index contributed by atoms with van der Waals surface area (Å²) in [4.78, 5) is 0. The minimum Gasteiger partial charge on any atom is -0.371 e. The van der Waals surface area contributed by atoms with Gasteiger partial charge < -0.3 is 4.74 Å². The molecule has 0 saturated carbocycles. The van der Waals surface area contributed by atoms with E-state index in [4.69, 9.17) is 10.6 Å². The highest BCUT2D eigenvalue weighted by atomic mass is 16.5. The Morgan fingerprint density at radius 2 is 2.22 bits per heavy atom. The summed E-state index contributed by atoms with van der Waals surface area (Å²) in [5.41, 5.74) is 5.67. The largest absolute Gasteiger partial charge is 0.371 e. The molecule has 1 aromatic carbocycles. The maximum absolute atomic E-state index is 5.98. The molecule has 0 fully saturated rings. The minimum absolute atomic E-state index is 0.0847. The van der Waals surface area contributed by atoms with Gasteiger partial charge in [0.2, 0.25) is 0 Å². The monoisotopic (exact) mass is 248 g/mol. The van der Waals surface area contributed by atoms with Gasteiger partial charge in [-0.25, -0.2) is 0 Å². The molecule has 3 N–H and O–H groups in total. The van der Waals surface area contributed by atoms with Crippen LogP contribution in [0, 0.1) is 5.92 Å². The van der Waals surface area contributed by atoms with E-state index in [9.17, 15) is 0 Å². The van der Waals surface area contributed by atoms with Crippen molar-refractivity contribution in [3.63, 3.8) is 0 Å². The third-order valence-electron chi connectivity index (χ3n) is 3.91. The van der Waals surface area contributed by atoms with Gasteiger partial charge in [0, 0.05) is 0 Å². The molecular weight excluding hydrogens is 224 g/mol. The highest BCUT2D eigenvalue weighted by Gasteiger charge is 2.31. The Morgan fingerprint density at radius 3 is 2.94 bits per heavy atom. The van der Waals surface area contributed by atoms with Crippen LogP contribution in [-0.4, -0.2) is 12.6 Å². The zero-order valence-corrected chi connectivity index (χ0v) is 11.4. The van der Waals surface area contributed by atoms with Crippen LogP contribution in [-0.2, 0) is 11.2 Å². The SMILES string of the molecule is CCCC(C)C(NN)C1OCCc2ccccc21. The minimum atomic E-state index is 0.0847. The van der Waals surface area contributed by atoms with Gasteiger partial charge in [0.15, 0.2) is 0 Å². The Balaban J connectivity index is 2.22. The van der Waals surface area contributed by atoms with Crippen LogP contribution in [0.5, 0.6) is 0 Å². The van der Waals surface area contributed by atoms with E-state index in [0.29, 0.717) is 5.92 Å². The smallest absolute Gasteiger partial charge is 0.0996 e. The Morgan fingerprint density at radius 1 is 1.44 bits per heavy atom. The average molecular weight is 248 g/mol. The first-order valence-corrected chi connectivity index (χ1v) is 6.93. The van der Waals surface area contributed by atoms with Crippen molar-refractivity contribution >= 4 is 0 Å². The summed E-state index contributed by atoms with van der Waals surface area (Å²) in [7, 11) is 0. The van der Waals surface area contributed by atoms with E-state index in [-0.39, 0.29) is 12.1 Å². The van der Waals surface area contributed by atoms with Crippen molar-refractivity contribution in [3.8, 4) is 0 Å². The predicted octanol–water partition coefficient (Wildman–Crippen LogP) is 2.57. The lowest BCUT2D eigenvalue weighted by atomic mass is 9.86. The Bertz CT molecular complexity index is 381. The molecule has 1 aliphatic rings. The molecule has 1 aromatic rings. The maximum Gasteiger partial charge on any atom is 0.0996 e. The van der Waals surface area contributed by atoms with Crippen LogP contribution in [0.1, 0.15) is 43.9 Å². The number of nitrogens with two attached hydrogens (primary N) is 1. The second-order valence-corrected chi connectivity index (χ2v) is 5.20. The lowest BCUT2D eigenvalue weighted by Gasteiger charge is -2.35. The van der Waals surface area contributed by atoms with Crippen LogP contribution >= 0.6 is 0 Å². The number of ether oxygens (including phenoxy) is 1. The molecular formula is C15H24N2O. The maximum atomic E-state index is 5.98. The molecule has 0 saturated heterocycles. The molecule has 2 rings (SSSR count). The van der Waals surface area contributed by atoms with Crippen molar-refractivity contribution in [2.24, 2.45) is 11.8 Å². The van der Waals surface area contributed by atoms with Crippen molar-refractivity contribution in [2.75, 3.05) is 6.61 Å². The predicted molar refractivity (Wildman–Crippen MR) is 74.0 cm³/mol. The molecule has 1 heterocycles. The van der Waals surface area contributed by atoms with E-state index in [0.717, 1.165) is 19.4 Å². The van der Waals surface area contributed by atoms with Gasteiger partial charge in [0.1, 0.15) is 0 Å². The number of nitrogens with one attached hydrogen (secondary N) is 1. The Labute approximate surface area is 110 Å². The van der Waals surface area contributed by atoms with Gasteiger partial charge in [-0.15, -0.1) is 0 Å². The number of hydrogen-bond acceptors (Lipinski definition) is 3. The van der Waals surface area contributed by atoms with Gasteiger partial charge in [-0.05, 0) is 29.9 Å². The van der Waals surface area contributed by atoms with Crippen LogP contribution in [0.15, 0.2) is 24.3 Å². The molecule has 3 heteroatoms. The lowest BCUT2D eigenvalue weighted by Crippen LogP contribution is -2.46. The quantitative estimate of drug-likeness (QED) is 0.622. The topological polar surface area (TPSA) is 47.3 Å². The molecule has 0 bridgehead atoms. The highest BCUT2D eigenvalue weighted by molar-refractivity contribution is 5.32. The van der Waals surface area contributed by atoms with Gasteiger partial charge in [-0.1, -0.05) is 44.5 Å². The summed E-state index contributed by atoms with van der Waals surface area (Å²) in [6.07, 6.45) is 3.43. The Hall–Kier alpha value is -0.900. The van der Waals surface area contributed by atoms with Gasteiger partial charge in [0.05, 0.1) is 18.8 Å². The van der Waals surface area contributed by atoms with E-state index in [1.165, 1.54) is 17.5 Å². The highest BCUT2D eigenvalue weighted by Crippen LogP contribution is 2.33. The standard InChI is InChI=1S/C15H24N2O/c1-3-6-11(2)14(17-16)15-13-8-5-4-7-12(13)9-10-18-15/h4-5,7-8,11,14-15,17H,3,6,9-10,16H2,1-2H3. The van der Waals surface area contributed by atoms with Crippen molar-refractivity contribution < 1.29 is 4.74 Å². The van der Waals surface area contributed by atoms with Crippen LogP contribution in [0.4, 0.5) is 0 Å². The number of benzene rings is 1. The van der Waals surface area contributed by atoms with E-state index >= 15 is 0 Å². The molecule has 0 spiro atoms. The third kappa shape index (κ3) is 2.74. The first-order valence-electron chi connectivity index (χ1n) is 6.93. The van der Waals surface area contributed by atoms with Crippen molar-refractivity contribution in [1.29, 1.82) is 0 Å². The summed E-state index contributed by atoms with van der Waals surface area (Å²) >= 11 is 0. The molecule has 3 unspecified atom stereocenters. The zero-order chi connectivity index (χ0) is 13.0. The molecule has 0 aromatic heterocycles. The molecule has 3 nitrogen and oxygen atoms in total. The molecule has 100 valence electrons. The van der Waals surface area contributed by atoms with Crippen molar-refractivity contribution in [1.82, 2.24) is 5.43 Å². The third-order valence-corrected chi connectivity index (χ3v) is 3.91. The van der Waals surface area contributed by atoms with E-state index in [1.54, 1.807) is 0 Å². The van der Waals surface area contributed by atoms with Crippen LogP contribution < -0.4 is 11.3 Å². The Kier molecular flexibility index (Phi) is 4.75. The molecule has 0 aliphatic carbocycles. The van der Waals surface area contributed by atoms with Crippen molar-refractivity contribution in [3.05, 3.63) is 35.4 Å². The van der Waals surface area contributed by atoms with Gasteiger partial charge in [-0.3, -0.25) is 11.3 Å². The first-order chi connectivity index (χ1) is 8.77. The summed E-state index contributed by atoms with van der Waals surface area (Å²) in [5.74, 6) is 6.27. The number of hydrogen-bond donors (Lipinski definition) is 2. The summed E-state index contributed by atoms with van der Waals surface area (Å²) in [6, 6.07) is 8.73. The molecule has 0 radical (unpaired) electrons. The number of rotatable bonds is 5. The molecule has 3 atom stereocenters. The van der Waals surface area contributed by atoms with Crippen molar-refractivity contribution in [2.45, 2.75) is 45.3 Å². The fourth-order valence-electron chi connectivity index (χ4n) is 2.91. The van der Waals surface area contributed by atoms with Crippen LogP contribution in [0.2, 0.25) is 0 Å². The van der Waals surface area contributed by atoms with Gasteiger partial charge in [0.25, 0.3) is 0 Å². The van der Waals surface area contributed by atoms with E-state index in [2.05, 4.69) is 43.5 Å². The van der Waals surface area contributed by atoms with E-state index in [1.807, 2.05) is 0 Å². The fourth-order valence-corrected chi connectivity index (χ4v) is 2.91. The zero-order valence-electron chi connectivity index (χ0n) is 11.4. The second-order valence-electron chi connectivity index (χ2n) is 5.20. The molecule has 1 aliphatic heterocycles. The molecule has 18 heavy (non-hydrogen) atoms. The number of fused-ring (bicyclic) bond motifs is 1. The fraction of sp³-hybridized carbons (Fsp3) is 0.600. The van der Waals surface area contributed by atoms with Crippen LogP contribution in [0.3, 0.4) is 0 Å². The van der Waals surface area contributed by atoms with Gasteiger partial charge in [-0.2, -0.15) is 0 Å². The van der Waals surface area contributed by atoms with E-state index < -0.39 is 0 Å². The second kappa shape index (κ2) is 6.32. The normalized spacial score (nSPS) is 22.3.